The normalized spacial score (nSPS) is 11.4. The number of anilines is 1. The number of unbranched alkanes of at least 4 members (excludes halogenated alkanes) is 1. The summed E-state index contributed by atoms with van der Waals surface area (Å²) in [6.07, 6.45) is 2.84. The monoisotopic (exact) mass is 337 g/mol. The molecule has 2 aromatic rings. The summed E-state index contributed by atoms with van der Waals surface area (Å²) >= 11 is 0. The molecule has 6 nitrogen and oxygen atoms in total. The van der Waals surface area contributed by atoms with E-state index < -0.39 is 7.75 Å². The van der Waals surface area contributed by atoms with Gasteiger partial charge in [-0.1, -0.05) is 18.2 Å². The van der Waals surface area contributed by atoms with E-state index in [-0.39, 0.29) is 17.2 Å². The molecule has 0 saturated heterocycles. The van der Waals surface area contributed by atoms with Crippen molar-refractivity contribution in [3.8, 4) is 11.5 Å². The molecule has 0 spiro atoms. The van der Waals surface area contributed by atoms with Gasteiger partial charge in [-0.15, -0.1) is 0 Å². The smallest absolute Gasteiger partial charge is 0.427 e. The molecule has 0 saturated carbocycles. The van der Waals surface area contributed by atoms with E-state index >= 15 is 0 Å². The average molecular weight is 337 g/mol. The van der Waals surface area contributed by atoms with E-state index in [4.69, 9.17) is 9.79 Å². The van der Waals surface area contributed by atoms with Gasteiger partial charge in [0, 0.05) is 5.56 Å². The highest BCUT2D eigenvalue weighted by Crippen LogP contribution is 2.39. The van der Waals surface area contributed by atoms with Gasteiger partial charge in [-0.05, 0) is 55.5 Å². The average Bonchev–Trinajstić information content (AvgIpc) is 2.44. The minimum Gasteiger partial charge on any atom is -0.508 e. The zero-order chi connectivity index (χ0) is 16.9. The summed E-state index contributed by atoms with van der Waals surface area (Å²) in [5.41, 5.74) is 1.76. The van der Waals surface area contributed by atoms with Crippen LogP contribution in [0.1, 0.15) is 24.0 Å². The summed E-state index contributed by atoms with van der Waals surface area (Å²) in [7, 11) is -4.42. The van der Waals surface area contributed by atoms with Crippen molar-refractivity contribution in [1.29, 1.82) is 0 Å². The fourth-order valence-corrected chi connectivity index (χ4v) is 2.97. The number of hydrogen-bond donors (Lipinski definition) is 5. The molecule has 0 aliphatic rings. The zero-order valence-electron chi connectivity index (χ0n) is 12.5. The molecular weight excluding hydrogens is 317 g/mol. The first-order chi connectivity index (χ1) is 10.8. The van der Waals surface area contributed by atoms with Gasteiger partial charge in [0.15, 0.2) is 0 Å². The van der Waals surface area contributed by atoms with Gasteiger partial charge >= 0.3 is 7.75 Å². The Morgan fingerprint density at radius 2 is 1.65 bits per heavy atom. The summed E-state index contributed by atoms with van der Waals surface area (Å²) in [5, 5.41) is 21.5. The number of rotatable bonds is 7. The molecule has 0 aliphatic heterocycles. The molecule has 0 heterocycles. The van der Waals surface area contributed by atoms with Crippen molar-refractivity contribution in [3.63, 3.8) is 0 Å². The van der Waals surface area contributed by atoms with E-state index in [2.05, 4.69) is 5.09 Å². The summed E-state index contributed by atoms with van der Waals surface area (Å²) in [4.78, 5) is 18.1. The largest absolute Gasteiger partial charge is 0.508 e. The van der Waals surface area contributed by atoms with Gasteiger partial charge in [-0.3, -0.25) is 5.09 Å². The van der Waals surface area contributed by atoms with Crippen LogP contribution in [0, 0.1) is 0 Å². The van der Waals surface area contributed by atoms with Gasteiger partial charge in [-0.25, -0.2) is 4.57 Å². The first kappa shape index (κ1) is 17.3. The van der Waals surface area contributed by atoms with Crippen molar-refractivity contribution in [2.45, 2.75) is 25.7 Å². The maximum absolute atomic E-state index is 11.1. The van der Waals surface area contributed by atoms with Gasteiger partial charge in [0.1, 0.15) is 11.5 Å². The lowest BCUT2D eigenvalue weighted by Gasteiger charge is -2.14. The van der Waals surface area contributed by atoms with E-state index in [9.17, 15) is 14.8 Å². The molecule has 7 heteroatoms. The zero-order valence-corrected chi connectivity index (χ0v) is 13.4. The molecule has 0 amide bonds. The Labute approximate surface area is 134 Å². The standard InChI is InChI=1S/C16H20NO5P/c18-13-7-3-6-12(11-13)5-1-2-8-14-15(17-23(20,21)22)9-4-10-16(14)19/h3-4,6-7,9-11,18-19H,1-2,5,8H2,(H3,17,20,21,22). The fourth-order valence-electron chi connectivity index (χ4n) is 2.44. The maximum Gasteiger partial charge on any atom is 0.427 e. The highest BCUT2D eigenvalue weighted by Gasteiger charge is 2.16. The molecule has 0 unspecified atom stereocenters. The summed E-state index contributed by atoms with van der Waals surface area (Å²) in [6, 6.07) is 11.6. The van der Waals surface area contributed by atoms with Crippen LogP contribution in [0.4, 0.5) is 5.69 Å². The number of aryl methyl sites for hydroxylation is 1. The van der Waals surface area contributed by atoms with Crippen molar-refractivity contribution in [2.75, 3.05) is 5.09 Å². The lowest BCUT2D eigenvalue weighted by Crippen LogP contribution is -2.00. The molecular formula is C16H20NO5P. The second-order valence-corrected chi connectivity index (χ2v) is 6.65. The van der Waals surface area contributed by atoms with Crippen molar-refractivity contribution in [3.05, 3.63) is 53.6 Å². The topological polar surface area (TPSA) is 110 Å². The van der Waals surface area contributed by atoms with Gasteiger partial charge in [0.2, 0.25) is 0 Å². The minimum absolute atomic E-state index is 0.0146. The Kier molecular flexibility index (Phi) is 5.66. The number of nitrogens with one attached hydrogen (secondary N) is 1. The predicted molar refractivity (Wildman–Crippen MR) is 88.5 cm³/mol. The second kappa shape index (κ2) is 7.51. The van der Waals surface area contributed by atoms with Crippen molar-refractivity contribution < 1.29 is 24.6 Å². The molecule has 2 aromatic carbocycles. The molecule has 0 atom stereocenters. The van der Waals surface area contributed by atoms with E-state index in [0.717, 1.165) is 24.8 Å². The van der Waals surface area contributed by atoms with Crippen LogP contribution in [-0.2, 0) is 17.4 Å². The number of aromatic hydroxyl groups is 2. The molecule has 23 heavy (non-hydrogen) atoms. The van der Waals surface area contributed by atoms with Crippen LogP contribution < -0.4 is 5.09 Å². The van der Waals surface area contributed by atoms with Crippen molar-refractivity contribution in [2.24, 2.45) is 0 Å². The van der Waals surface area contributed by atoms with Crippen LogP contribution in [0.5, 0.6) is 11.5 Å². The van der Waals surface area contributed by atoms with Gasteiger partial charge in [0.05, 0.1) is 5.69 Å². The van der Waals surface area contributed by atoms with Gasteiger partial charge in [-0.2, -0.15) is 0 Å². The SMILES string of the molecule is O=P(O)(O)Nc1cccc(O)c1CCCCc1cccc(O)c1. The minimum atomic E-state index is -4.42. The van der Waals surface area contributed by atoms with Crippen LogP contribution >= 0.6 is 7.75 Å². The Morgan fingerprint density at radius 3 is 2.35 bits per heavy atom. The van der Waals surface area contributed by atoms with E-state index in [0.29, 0.717) is 12.0 Å². The van der Waals surface area contributed by atoms with Gasteiger partial charge in [0.25, 0.3) is 0 Å². The Bertz CT molecular complexity index is 713. The number of benzene rings is 2. The van der Waals surface area contributed by atoms with Crippen LogP contribution in [0.15, 0.2) is 42.5 Å². The summed E-state index contributed by atoms with van der Waals surface area (Å²) < 4.78 is 11.1. The molecule has 5 N–H and O–H groups in total. The van der Waals surface area contributed by atoms with Crippen LogP contribution in [0.2, 0.25) is 0 Å². The predicted octanol–water partition coefficient (Wildman–Crippen LogP) is 3.17. The quantitative estimate of drug-likeness (QED) is 0.392. The van der Waals surface area contributed by atoms with Gasteiger partial charge < -0.3 is 20.0 Å². The Balaban J connectivity index is 1.96. The highest BCUT2D eigenvalue weighted by molar-refractivity contribution is 7.53. The number of phenols is 2. The van der Waals surface area contributed by atoms with E-state index in [1.165, 1.54) is 18.2 Å². The number of hydrogen-bond acceptors (Lipinski definition) is 3. The van der Waals surface area contributed by atoms with Crippen LogP contribution in [0.25, 0.3) is 0 Å². The summed E-state index contributed by atoms with van der Waals surface area (Å²) in [6.45, 7) is 0. The molecule has 0 radical (unpaired) electrons. The van der Waals surface area contributed by atoms with Crippen LogP contribution in [-0.4, -0.2) is 20.0 Å². The fraction of sp³-hybridized carbons (Fsp3) is 0.250. The third-order valence-electron chi connectivity index (χ3n) is 3.47. The third-order valence-corrected chi connectivity index (χ3v) is 4.00. The van der Waals surface area contributed by atoms with E-state index in [1.807, 2.05) is 6.07 Å². The Hall–Kier alpha value is -2.01. The molecule has 0 fully saturated rings. The maximum atomic E-state index is 11.1. The molecule has 0 bridgehead atoms. The molecule has 124 valence electrons. The first-order valence-corrected chi connectivity index (χ1v) is 8.89. The lowest BCUT2D eigenvalue weighted by atomic mass is 10.0. The van der Waals surface area contributed by atoms with E-state index in [1.54, 1.807) is 18.2 Å². The molecule has 2 rings (SSSR count). The molecule has 0 aromatic heterocycles. The van der Waals surface area contributed by atoms with Crippen molar-refractivity contribution in [1.82, 2.24) is 0 Å². The lowest BCUT2D eigenvalue weighted by molar-refractivity contribution is 0.380. The van der Waals surface area contributed by atoms with Crippen molar-refractivity contribution >= 4 is 13.4 Å². The summed E-state index contributed by atoms with van der Waals surface area (Å²) in [5.74, 6) is 0.247. The first-order valence-electron chi connectivity index (χ1n) is 7.28. The second-order valence-electron chi connectivity index (χ2n) is 5.34. The Morgan fingerprint density at radius 1 is 0.957 bits per heavy atom. The number of phenolic OH excluding ortho intramolecular Hbond substituents is 2. The third kappa shape index (κ3) is 5.60. The van der Waals surface area contributed by atoms with Crippen LogP contribution in [0.3, 0.4) is 0 Å². The molecule has 0 aliphatic carbocycles. The highest BCUT2D eigenvalue weighted by atomic mass is 31.2.